The Hall–Kier alpha value is -1.14. The third-order valence-corrected chi connectivity index (χ3v) is 4.23. The molecule has 0 saturated carbocycles. The molecule has 2 N–H and O–H groups in total. The normalized spacial score (nSPS) is 33.4. The smallest absolute Gasteiger partial charge is 0.119 e. The molecule has 1 aromatic rings. The van der Waals surface area contributed by atoms with Gasteiger partial charge in [-0.3, -0.25) is 0 Å². The maximum absolute atomic E-state index is 6.60. The second-order valence-corrected chi connectivity index (χ2v) is 5.82. The molecule has 3 aliphatic rings. The van der Waals surface area contributed by atoms with E-state index in [9.17, 15) is 0 Å². The van der Waals surface area contributed by atoms with Gasteiger partial charge >= 0.3 is 0 Å². The number of rotatable bonds is 6. The Labute approximate surface area is 117 Å². The van der Waals surface area contributed by atoms with E-state index in [4.69, 9.17) is 24.7 Å². The molecule has 0 radical (unpaired) electrons. The van der Waals surface area contributed by atoms with Crippen molar-refractivity contribution >= 4 is 0 Å². The van der Waals surface area contributed by atoms with Gasteiger partial charge in [-0.2, -0.15) is 0 Å². The van der Waals surface area contributed by atoms with Crippen molar-refractivity contribution < 1.29 is 18.9 Å². The highest BCUT2D eigenvalue weighted by molar-refractivity contribution is 5.42. The molecule has 4 rings (SSSR count). The molecule has 5 nitrogen and oxygen atoms in total. The first kappa shape index (κ1) is 12.6. The zero-order chi connectivity index (χ0) is 13.7. The molecule has 108 valence electrons. The summed E-state index contributed by atoms with van der Waals surface area (Å²) in [6.07, 6.45) is 0.406. The lowest BCUT2D eigenvalue weighted by Crippen LogP contribution is -2.48. The Kier molecular flexibility index (Phi) is 2.79. The predicted molar refractivity (Wildman–Crippen MR) is 71.8 cm³/mol. The lowest BCUT2D eigenvalue weighted by Gasteiger charge is -2.28. The summed E-state index contributed by atoms with van der Waals surface area (Å²) < 4.78 is 21.7. The Morgan fingerprint density at radius 1 is 1.20 bits per heavy atom. The van der Waals surface area contributed by atoms with Crippen molar-refractivity contribution in [2.45, 2.75) is 30.8 Å². The zero-order valence-electron chi connectivity index (χ0n) is 11.5. The fourth-order valence-electron chi connectivity index (χ4n) is 2.77. The van der Waals surface area contributed by atoms with Crippen LogP contribution in [-0.4, -0.2) is 44.7 Å². The zero-order valence-corrected chi connectivity index (χ0v) is 11.5. The number of epoxide rings is 3. The maximum atomic E-state index is 6.60. The molecule has 3 fully saturated rings. The van der Waals surface area contributed by atoms with Crippen LogP contribution in [0.5, 0.6) is 5.75 Å². The highest BCUT2D eigenvalue weighted by Crippen LogP contribution is 2.42. The van der Waals surface area contributed by atoms with Crippen LogP contribution in [0.4, 0.5) is 0 Å². The second-order valence-electron chi connectivity index (χ2n) is 5.82. The highest BCUT2D eigenvalue weighted by atomic mass is 16.6. The van der Waals surface area contributed by atoms with Crippen molar-refractivity contribution in [3.05, 3.63) is 29.3 Å². The van der Waals surface area contributed by atoms with Crippen LogP contribution < -0.4 is 10.5 Å². The molecule has 3 saturated heterocycles. The largest absolute Gasteiger partial charge is 0.491 e. The molecule has 3 aliphatic heterocycles. The summed E-state index contributed by atoms with van der Waals surface area (Å²) in [5.74, 6) is 0.859. The molecular weight excluding hydrogens is 258 g/mol. The molecule has 20 heavy (non-hydrogen) atoms. The summed E-state index contributed by atoms with van der Waals surface area (Å²) in [5.41, 5.74) is 8.29. The molecule has 0 bridgehead atoms. The summed E-state index contributed by atoms with van der Waals surface area (Å²) in [6.45, 7) is 4.91. The Morgan fingerprint density at radius 3 is 2.35 bits per heavy atom. The van der Waals surface area contributed by atoms with Gasteiger partial charge in [-0.05, 0) is 30.2 Å². The lowest BCUT2D eigenvalue weighted by molar-refractivity contribution is 0.223. The minimum Gasteiger partial charge on any atom is -0.491 e. The first-order chi connectivity index (χ1) is 9.68. The van der Waals surface area contributed by atoms with E-state index >= 15 is 0 Å². The highest BCUT2D eigenvalue weighted by Gasteiger charge is 2.56. The van der Waals surface area contributed by atoms with Gasteiger partial charge in [0.2, 0.25) is 0 Å². The van der Waals surface area contributed by atoms with Crippen LogP contribution in [0.25, 0.3) is 0 Å². The molecule has 0 aromatic heterocycles. The summed E-state index contributed by atoms with van der Waals surface area (Å²) >= 11 is 0. The number of benzene rings is 1. The summed E-state index contributed by atoms with van der Waals surface area (Å²) in [6, 6.07) is 6.04. The Bertz CT molecular complexity index is 509. The second kappa shape index (κ2) is 4.43. The van der Waals surface area contributed by atoms with Gasteiger partial charge < -0.3 is 24.7 Å². The molecule has 3 unspecified atom stereocenters. The molecule has 0 aliphatic carbocycles. The fourth-order valence-corrected chi connectivity index (χ4v) is 2.77. The van der Waals surface area contributed by atoms with E-state index in [1.54, 1.807) is 0 Å². The van der Waals surface area contributed by atoms with E-state index in [2.05, 4.69) is 6.92 Å². The van der Waals surface area contributed by atoms with Crippen molar-refractivity contribution in [1.82, 2.24) is 0 Å². The van der Waals surface area contributed by atoms with Crippen molar-refractivity contribution in [1.29, 1.82) is 0 Å². The quantitative estimate of drug-likeness (QED) is 0.776. The van der Waals surface area contributed by atoms with Crippen LogP contribution in [-0.2, 0) is 19.7 Å². The van der Waals surface area contributed by atoms with Crippen LogP contribution in [0.1, 0.15) is 11.1 Å². The van der Waals surface area contributed by atoms with Crippen molar-refractivity contribution in [3.8, 4) is 5.75 Å². The number of hydrogen-bond acceptors (Lipinski definition) is 5. The van der Waals surface area contributed by atoms with E-state index < -0.39 is 5.54 Å². The van der Waals surface area contributed by atoms with Gasteiger partial charge in [-0.25, -0.2) is 0 Å². The van der Waals surface area contributed by atoms with Crippen molar-refractivity contribution in [3.63, 3.8) is 0 Å². The SMILES string of the molecule is Cc1cc(OCC2CO2)ccc1C(N)(C1CO1)C1CO1. The van der Waals surface area contributed by atoms with Crippen LogP contribution in [0.2, 0.25) is 0 Å². The minimum absolute atomic E-state index is 0.0698. The summed E-state index contributed by atoms with van der Waals surface area (Å²) in [5, 5.41) is 0. The molecule has 0 amide bonds. The van der Waals surface area contributed by atoms with E-state index in [-0.39, 0.29) is 18.3 Å². The van der Waals surface area contributed by atoms with Gasteiger partial charge in [0.25, 0.3) is 0 Å². The first-order valence-corrected chi connectivity index (χ1v) is 7.05. The number of ether oxygens (including phenoxy) is 4. The van der Waals surface area contributed by atoms with Gasteiger partial charge in [-0.1, -0.05) is 6.07 Å². The van der Waals surface area contributed by atoms with Crippen LogP contribution in [0, 0.1) is 6.92 Å². The van der Waals surface area contributed by atoms with Gasteiger partial charge in [0.15, 0.2) is 0 Å². The van der Waals surface area contributed by atoms with Crippen LogP contribution >= 0.6 is 0 Å². The molecule has 3 heterocycles. The number of nitrogens with two attached hydrogens (primary N) is 1. The van der Waals surface area contributed by atoms with E-state index in [0.29, 0.717) is 19.8 Å². The fraction of sp³-hybridized carbons (Fsp3) is 0.600. The lowest BCUT2D eigenvalue weighted by atomic mass is 9.82. The number of hydrogen-bond donors (Lipinski definition) is 1. The summed E-state index contributed by atoms with van der Waals surface area (Å²) in [4.78, 5) is 0. The monoisotopic (exact) mass is 277 g/mol. The maximum Gasteiger partial charge on any atom is 0.119 e. The van der Waals surface area contributed by atoms with Gasteiger partial charge in [-0.15, -0.1) is 0 Å². The van der Waals surface area contributed by atoms with Gasteiger partial charge in [0, 0.05) is 0 Å². The average Bonchev–Trinajstić information content (AvgIpc) is 3.32. The molecule has 1 aromatic carbocycles. The predicted octanol–water partition coefficient (Wildman–Crippen LogP) is 0.724. The topological polar surface area (TPSA) is 72.8 Å². The Balaban J connectivity index is 1.57. The van der Waals surface area contributed by atoms with E-state index in [0.717, 1.165) is 23.5 Å². The third kappa shape index (κ3) is 2.20. The average molecular weight is 277 g/mol. The molecule has 0 spiro atoms. The summed E-state index contributed by atoms with van der Waals surface area (Å²) in [7, 11) is 0. The van der Waals surface area contributed by atoms with Crippen LogP contribution in [0.3, 0.4) is 0 Å². The first-order valence-electron chi connectivity index (χ1n) is 7.05. The Morgan fingerprint density at radius 2 is 1.85 bits per heavy atom. The number of aryl methyl sites for hydroxylation is 1. The molecule has 5 heteroatoms. The van der Waals surface area contributed by atoms with E-state index in [1.807, 2.05) is 18.2 Å². The standard InChI is InChI=1S/C15H19NO4/c1-9-4-10(17-5-11-6-18-11)2-3-12(9)15(16,13-7-19-13)14-8-20-14/h2-4,11,13-14H,5-8,16H2,1H3. The van der Waals surface area contributed by atoms with Crippen LogP contribution in [0.15, 0.2) is 18.2 Å². The van der Waals surface area contributed by atoms with E-state index in [1.165, 1.54) is 0 Å². The van der Waals surface area contributed by atoms with Crippen molar-refractivity contribution in [2.24, 2.45) is 5.73 Å². The van der Waals surface area contributed by atoms with Gasteiger partial charge in [0.1, 0.15) is 30.7 Å². The van der Waals surface area contributed by atoms with Crippen molar-refractivity contribution in [2.75, 3.05) is 26.4 Å². The minimum atomic E-state index is -0.526. The molecular formula is C15H19NO4. The van der Waals surface area contributed by atoms with Gasteiger partial charge in [0.05, 0.1) is 25.4 Å². The third-order valence-electron chi connectivity index (χ3n) is 4.23. The molecule has 3 atom stereocenters.